The minimum atomic E-state index is -0.181. The van der Waals surface area contributed by atoms with Crippen LogP contribution in [0.2, 0.25) is 0 Å². The maximum absolute atomic E-state index is 12.6. The molecule has 0 spiro atoms. The minimum absolute atomic E-state index is 0.00812. The number of nitrogens with zero attached hydrogens (tertiary/aromatic N) is 2. The van der Waals surface area contributed by atoms with E-state index in [-0.39, 0.29) is 30.6 Å². The molecule has 1 fully saturated rings. The number of hydrogen-bond acceptors (Lipinski definition) is 3. The number of carbonyl (C=O) groups excluding carboxylic acids is 2. The van der Waals surface area contributed by atoms with Crippen molar-refractivity contribution in [1.29, 1.82) is 0 Å². The van der Waals surface area contributed by atoms with Crippen molar-refractivity contribution < 1.29 is 9.59 Å². The Bertz CT molecular complexity index is 855. The predicted molar refractivity (Wildman–Crippen MR) is 109 cm³/mol. The van der Waals surface area contributed by atoms with Gasteiger partial charge in [-0.25, -0.2) is 4.79 Å². The molecule has 4 rings (SSSR count). The molecule has 2 unspecified atom stereocenters. The number of para-hydroxylation sites is 1. The normalized spacial score (nSPS) is 21.7. The zero-order chi connectivity index (χ0) is 19.5. The van der Waals surface area contributed by atoms with Gasteiger partial charge in [-0.15, -0.1) is 0 Å². The van der Waals surface area contributed by atoms with Crippen LogP contribution in [0.25, 0.3) is 0 Å². The third kappa shape index (κ3) is 3.81. The van der Waals surface area contributed by atoms with Crippen LogP contribution in [0.15, 0.2) is 54.6 Å². The lowest BCUT2D eigenvalue weighted by molar-refractivity contribution is -0.122. The van der Waals surface area contributed by atoms with Crippen molar-refractivity contribution >= 4 is 17.6 Å². The van der Waals surface area contributed by atoms with Gasteiger partial charge in [0.1, 0.15) is 6.54 Å². The molecular weight excluding hydrogens is 352 g/mol. The zero-order valence-corrected chi connectivity index (χ0v) is 16.1. The van der Waals surface area contributed by atoms with Crippen LogP contribution in [0.4, 0.5) is 10.5 Å². The van der Waals surface area contributed by atoms with Gasteiger partial charge in [0.2, 0.25) is 5.91 Å². The van der Waals surface area contributed by atoms with Crippen LogP contribution in [0.3, 0.4) is 0 Å². The number of benzene rings is 2. The van der Waals surface area contributed by atoms with Crippen molar-refractivity contribution in [1.82, 2.24) is 15.5 Å². The quantitative estimate of drug-likeness (QED) is 0.860. The number of fused-ring (bicyclic) bond motifs is 1. The summed E-state index contributed by atoms with van der Waals surface area (Å²) < 4.78 is 0. The second kappa shape index (κ2) is 7.92. The fourth-order valence-corrected chi connectivity index (χ4v) is 4.08. The van der Waals surface area contributed by atoms with Gasteiger partial charge in [-0.1, -0.05) is 48.5 Å². The van der Waals surface area contributed by atoms with Crippen LogP contribution in [0, 0.1) is 0 Å². The smallest absolute Gasteiger partial charge is 0.318 e. The summed E-state index contributed by atoms with van der Waals surface area (Å²) in [6.07, 6.45) is 1.65. The van der Waals surface area contributed by atoms with Crippen LogP contribution in [0.5, 0.6) is 0 Å². The topological polar surface area (TPSA) is 64.7 Å². The second-order valence-corrected chi connectivity index (χ2v) is 7.51. The Morgan fingerprint density at radius 1 is 1.07 bits per heavy atom. The van der Waals surface area contributed by atoms with Gasteiger partial charge in [0.05, 0.1) is 12.1 Å². The van der Waals surface area contributed by atoms with Gasteiger partial charge in [-0.3, -0.25) is 4.79 Å². The molecule has 0 aliphatic carbocycles. The zero-order valence-electron chi connectivity index (χ0n) is 16.1. The summed E-state index contributed by atoms with van der Waals surface area (Å²) in [7, 11) is 2.07. The summed E-state index contributed by atoms with van der Waals surface area (Å²) in [5.74, 6) is -0.113. The molecule has 0 saturated carbocycles. The first-order chi connectivity index (χ1) is 13.6. The Kier molecular flexibility index (Phi) is 5.19. The molecule has 2 heterocycles. The van der Waals surface area contributed by atoms with Crippen molar-refractivity contribution in [3.05, 3.63) is 65.7 Å². The summed E-state index contributed by atoms with van der Waals surface area (Å²) in [5.41, 5.74) is 3.39. The SMILES string of the molecule is CN1CCC(NC(=O)CN2CCC(c3ccccc3)NC2=O)c2ccccc21. The molecule has 1 saturated heterocycles. The van der Waals surface area contributed by atoms with Gasteiger partial charge in [-0.2, -0.15) is 0 Å². The van der Waals surface area contributed by atoms with E-state index in [9.17, 15) is 9.59 Å². The number of nitrogens with one attached hydrogen (secondary N) is 2. The summed E-state index contributed by atoms with van der Waals surface area (Å²) in [6, 6.07) is 17.9. The highest BCUT2D eigenvalue weighted by atomic mass is 16.2. The highest BCUT2D eigenvalue weighted by Gasteiger charge is 2.29. The number of rotatable bonds is 4. The van der Waals surface area contributed by atoms with Gasteiger partial charge in [0, 0.05) is 25.8 Å². The number of anilines is 1. The predicted octanol–water partition coefficient (Wildman–Crippen LogP) is 2.84. The van der Waals surface area contributed by atoms with E-state index in [1.807, 2.05) is 42.5 Å². The molecule has 2 aromatic carbocycles. The van der Waals surface area contributed by atoms with E-state index in [0.29, 0.717) is 6.54 Å². The second-order valence-electron chi connectivity index (χ2n) is 7.51. The Balaban J connectivity index is 1.35. The number of carbonyl (C=O) groups is 2. The summed E-state index contributed by atoms with van der Waals surface area (Å²) in [4.78, 5) is 28.9. The molecule has 2 aliphatic heterocycles. The first kappa shape index (κ1) is 18.3. The fourth-order valence-electron chi connectivity index (χ4n) is 4.08. The van der Waals surface area contributed by atoms with E-state index in [4.69, 9.17) is 0 Å². The Morgan fingerprint density at radius 3 is 2.61 bits per heavy atom. The summed E-state index contributed by atoms with van der Waals surface area (Å²) in [5, 5.41) is 6.13. The maximum Gasteiger partial charge on any atom is 0.318 e. The van der Waals surface area contributed by atoms with Crippen molar-refractivity contribution in [2.75, 3.05) is 31.6 Å². The van der Waals surface area contributed by atoms with Crippen LogP contribution >= 0.6 is 0 Å². The molecule has 2 aromatic rings. The van der Waals surface area contributed by atoms with E-state index in [2.05, 4.69) is 34.7 Å². The highest BCUT2D eigenvalue weighted by Crippen LogP contribution is 2.32. The van der Waals surface area contributed by atoms with Crippen LogP contribution in [-0.2, 0) is 4.79 Å². The molecule has 2 atom stereocenters. The van der Waals surface area contributed by atoms with Crippen molar-refractivity contribution in [2.24, 2.45) is 0 Å². The van der Waals surface area contributed by atoms with Crippen molar-refractivity contribution in [3.63, 3.8) is 0 Å². The number of amides is 3. The van der Waals surface area contributed by atoms with Crippen LogP contribution in [-0.4, -0.2) is 43.5 Å². The third-order valence-corrected chi connectivity index (χ3v) is 5.62. The Morgan fingerprint density at radius 2 is 1.82 bits per heavy atom. The van der Waals surface area contributed by atoms with Gasteiger partial charge in [0.25, 0.3) is 0 Å². The highest BCUT2D eigenvalue weighted by molar-refractivity contribution is 5.85. The first-order valence-corrected chi connectivity index (χ1v) is 9.81. The van der Waals surface area contributed by atoms with E-state index in [1.165, 1.54) is 0 Å². The van der Waals surface area contributed by atoms with E-state index in [1.54, 1.807) is 4.90 Å². The lowest BCUT2D eigenvalue weighted by Gasteiger charge is -2.35. The van der Waals surface area contributed by atoms with Gasteiger partial charge in [0.15, 0.2) is 0 Å². The molecule has 2 aliphatic rings. The third-order valence-electron chi connectivity index (χ3n) is 5.62. The molecule has 2 N–H and O–H groups in total. The lowest BCUT2D eigenvalue weighted by Crippen LogP contribution is -2.51. The fraction of sp³-hybridized carbons (Fsp3) is 0.364. The van der Waals surface area contributed by atoms with Crippen molar-refractivity contribution in [2.45, 2.75) is 24.9 Å². The largest absolute Gasteiger partial charge is 0.374 e. The molecule has 6 nitrogen and oxygen atoms in total. The minimum Gasteiger partial charge on any atom is -0.374 e. The molecular formula is C22H26N4O2. The van der Waals surface area contributed by atoms with Crippen LogP contribution < -0.4 is 15.5 Å². The van der Waals surface area contributed by atoms with Gasteiger partial charge >= 0.3 is 6.03 Å². The molecule has 28 heavy (non-hydrogen) atoms. The first-order valence-electron chi connectivity index (χ1n) is 9.81. The summed E-state index contributed by atoms with van der Waals surface area (Å²) >= 11 is 0. The van der Waals surface area contributed by atoms with E-state index < -0.39 is 0 Å². The lowest BCUT2D eigenvalue weighted by atomic mass is 9.96. The standard InChI is InChI=1S/C22H26N4O2/c1-25-13-11-19(17-9-5-6-10-20(17)25)23-21(27)15-26-14-12-18(24-22(26)28)16-7-3-2-4-8-16/h2-10,18-19H,11-15H2,1H3,(H,23,27)(H,24,28). The maximum atomic E-state index is 12.6. The number of urea groups is 1. The van der Waals surface area contributed by atoms with Crippen molar-refractivity contribution in [3.8, 4) is 0 Å². The number of hydrogen-bond donors (Lipinski definition) is 2. The van der Waals surface area contributed by atoms with Gasteiger partial charge in [-0.05, 0) is 30.0 Å². The van der Waals surface area contributed by atoms with E-state index >= 15 is 0 Å². The molecule has 0 bridgehead atoms. The van der Waals surface area contributed by atoms with Gasteiger partial charge < -0.3 is 20.4 Å². The Labute approximate surface area is 165 Å². The van der Waals surface area contributed by atoms with Crippen LogP contribution in [0.1, 0.15) is 36.1 Å². The average molecular weight is 378 g/mol. The molecule has 0 radical (unpaired) electrons. The molecule has 0 aromatic heterocycles. The molecule has 3 amide bonds. The molecule has 146 valence electrons. The average Bonchev–Trinajstić information content (AvgIpc) is 2.72. The monoisotopic (exact) mass is 378 g/mol. The Hall–Kier alpha value is -3.02. The van der Waals surface area contributed by atoms with E-state index in [0.717, 1.165) is 36.2 Å². The summed E-state index contributed by atoms with van der Waals surface area (Å²) in [6.45, 7) is 1.55. The molecule has 6 heteroatoms.